The number of sulfone groups is 1. The van der Waals surface area contributed by atoms with Gasteiger partial charge in [-0.05, 0) is 49.7 Å². The Morgan fingerprint density at radius 2 is 1.67 bits per heavy atom. The lowest BCUT2D eigenvalue weighted by atomic mass is 10.2. The van der Waals surface area contributed by atoms with Gasteiger partial charge in [-0.3, -0.25) is 9.59 Å². The number of amides is 1. The topological polar surface area (TPSA) is 85.2 Å². The van der Waals surface area contributed by atoms with Crippen LogP contribution >= 0.6 is 0 Å². The third-order valence-corrected chi connectivity index (χ3v) is 6.40. The zero-order chi connectivity index (χ0) is 22.1. The van der Waals surface area contributed by atoms with E-state index in [0.717, 1.165) is 16.7 Å². The van der Waals surface area contributed by atoms with E-state index >= 15 is 0 Å². The standard InChI is InChI=1S/C21H18F2N2O4S/c1-13-10-14(2)25(12-19(26)24-15-8-9-17(22)18(23)11-15)21(27)20(13)30(28,29)16-6-4-3-5-7-16/h3-11H,12H2,1-2H3,(H,24,26). The van der Waals surface area contributed by atoms with Crippen molar-refractivity contribution in [1.82, 2.24) is 4.57 Å². The molecule has 0 radical (unpaired) electrons. The molecular weight excluding hydrogens is 414 g/mol. The maximum Gasteiger partial charge on any atom is 0.270 e. The van der Waals surface area contributed by atoms with Crippen molar-refractivity contribution in [3.05, 3.63) is 87.8 Å². The van der Waals surface area contributed by atoms with Crippen molar-refractivity contribution in [2.24, 2.45) is 0 Å². The highest BCUT2D eigenvalue weighted by molar-refractivity contribution is 7.91. The maximum atomic E-state index is 13.3. The second-order valence-corrected chi connectivity index (χ2v) is 8.57. The van der Waals surface area contributed by atoms with Gasteiger partial charge < -0.3 is 9.88 Å². The molecule has 30 heavy (non-hydrogen) atoms. The van der Waals surface area contributed by atoms with E-state index in [4.69, 9.17) is 0 Å². The summed E-state index contributed by atoms with van der Waals surface area (Å²) in [5.74, 6) is -2.89. The molecule has 1 heterocycles. The fourth-order valence-electron chi connectivity index (χ4n) is 3.07. The summed E-state index contributed by atoms with van der Waals surface area (Å²) in [6.07, 6.45) is 0. The first-order valence-electron chi connectivity index (χ1n) is 8.87. The Bertz CT molecular complexity index is 1290. The smallest absolute Gasteiger partial charge is 0.270 e. The summed E-state index contributed by atoms with van der Waals surface area (Å²) in [6, 6.07) is 11.9. The highest BCUT2D eigenvalue weighted by atomic mass is 32.2. The Balaban J connectivity index is 1.98. The summed E-state index contributed by atoms with van der Waals surface area (Å²) in [5.41, 5.74) is -0.186. The summed E-state index contributed by atoms with van der Waals surface area (Å²) >= 11 is 0. The number of anilines is 1. The van der Waals surface area contributed by atoms with E-state index in [9.17, 15) is 26.8 Å². The van der Waals surface area contributed by atoms with Gasteiger partial charge in [0.1, 0.15) is 11.4 Å². The molecule has 156 valence electrons. The average Bonchev–Trinajstić information content (AvgIpc) is 2.68. The largest absolute Gasteiger partial charge is 0.324 e. The van der Waals surface area contributed by atoms with E-state index in [0.29, 0.717) is 5.69 Å². The third-order valence-electron chi connectivity index (χ3n) is 4.48. The molecule has 0 fully saturated rings. The van der Waals surface area contributed by atoms with E-state index in [1.807, 2.05) is 0 Å². The van der Waals surface area contributed by atoms with E-state index in [1.165, 1.54) is 31.2 Å². The number of nitrogens with one attached hydrogen (secondary N) is 1. The molecule has 0 aliphatic carbocycles. The summed E-state index contributed by atoms with van der Waals surface area (Å²) in [7, 11) is -4.10. The van der Waals surface area contributed by atoms with Gasteiger partial charge >= 0.3 is 0 Å². The highest BCUT2D eigenvalue weighted by Crippen LogP contribution is 2.21. The van der Waals surface area contributed by atoms with Crippen LogP contribution in [0.25, 0.3) is 0 Å². The van der Waals surface area contributed by atoms with Crippen molar-refractivity contribution in [2.75, 3.05) is 5.32 Å². The molecule has 0 aliphatic heterocycles. The lowest BCUT2D eigenvalue weighted by molar-refractivity contribution is -0.116. The molecule has 3 rings (SSSR count). The van der Waals surface area contributed by atoms with Gasteiger partial charge in [0.15, 0.2) is 11.6 Å². The van der Waals surface area contributed by atoms with Gasteiger partial charge in [-0.15, -0.1) is 0 Å². The molecule has 1 N–H and O–H groups in total. The molecule has 0 unspecified atom stereocenters. The lowest BCUT2D eigenvalue weighted by Gasteiger charge is -2.15. The van der Waals surface area contributed by atoms with Crippen LogP contribution in [0.3, 0.4) is 0 Å². The monoisotopic (exact) mass is 432 g/mol. The second kappa shape index (κ2) is 8.19. The quantitative estimate of drug-likeness (QED) is 0.671. The minimum Gasteiger partial charge on any atom is -0.324 e. The highest BCUT2D eigenvalue weighted by Gasteiger charge is 2.26. The zero-order valence-corrected chi connectivity index (χ0v) is 17.0. The number of hydrogen-bond acceptors (Lipinski definition) is 4. The van der Waals surface area contributed by atoms with Crippen LogP contribution in [0.5, 0.6) is 0 Å². The van der Waals surface area contributed by atoms with Gasteiger partial charge in [0.2, 0.25) is 15.7 Å². The van der Waals surface area contributed by atoms with Crippen molar-refractivity contribution in [3.63, 3.8) is 0 Å². The SMILES string of the molecule is Cc1cc(C)n(CC(=O)Nc2ccc(F)c(F)c2)c(=O)c1S(=O)(=O)c1ccccc1. The number of carbonyl (C=O) groups excluding carboxylic acids is 1. The summed E-state index contributed by atoms with van der Waals surface area (Å²) < 4.78 is 53.4. The van der Waals surface area contributed by atoms with Crippen LogP contribution in [0.2, 0.25) is 0 Å². The first-order valence-corrected chi connectivity index (χ1v) is 10.4. The predicted octanol–water partition coefficient (Wildman–Crippen LogP) is 3.21. The van der Waals surface area contributed by atoms with Gasteiger partial charge in [0, 0.05) is 17.4 Å². The summed E-state index contributed by atoms with van der Waals surface area (Å²) in [5, 5.41) is 2.36. The molecule has 2 aromatic carbocycles. The Kier molecular flexibility index (Phi) is 5.84. The van der Waals surface area contributed by atoms with Gasteiger partial charge in [-0.1, -0.05) is 18.2 Å². The summed E-state index contributed by atoms with van der Waals surface area (Å²) in [4.78, 5) is 24.9. The van der Waals surface area contributed by atoms with Crippen molar-refractivity contribution < 1.29 is 22.0 Å². The maximum absolute atomic E-state index is 13.3. The van der Waals surface area contributed by atoms with Crippen LogP contribution in [-0.2, 0) is 21.2 Å². The first-order chi connectivity index (χ1) is 14.1. The molecule has 0 saturated heterocycles. The second-order valence-electron chi connectivity index (χ2n) is 6.68. The van der Waals surface area contributed by atoms with Crippen molar-refractivity contribution >= 4 is 21.4 Å². The number of nitrogens with zero attached hydrogens (tertiary/aromatic N) is 1. The normalized spacial score (nSPS) is 11.3. The molecule has 9 heteroatoms. The summed E-state index contributed by atoms with van der Waals surface area (Å²) in [6.45, 7) is 2.58. The van der Waals surface area contributed by atoms with Crippen LogP contribution in [-0.4, -0.2) is 18.9 Å². The minimum absolute atomic E-state index is 0.00819. The number of benzene rings is 2. The lowest BCUT2D eigenvalue weighted by Crippen LogP contribution is -2.33. The van der Waals surface area contributed by atoms with Gasteiger partial charge in [0.05, 0.1) is 4.90 Å². The van der Waals surface area contributed by atoms with Crippen molar-refractivity contribution in [3.8, 4) is 0 Å². The molecule has 0 bridgehead atoms. The molecule has 0 aliphatic rings. The third kappa shape index (κ3) is 4.16. The number of pyridine rings is 1. The van der Waals surface area contributed by atoms with Crippen molar-refractivity contribution in [2.45, 2.75) is 30.2 Å². The van der Waals surface area contributed by atoms with E-state index in [1.54, 1.807) is 25.1 Å². The number of carbonyl (C=O) groups is 1. The molecule has 0 saturated carbocycles. The Morgan fingerprint density at radius 3 is 2.30 bits per heavy atom. The molecule has 6 nitrogen and oxygen atoms in total. The molecule has 1 aromatic heterocycles. The molecule has 3 aromatic rings. The number of halogens is 2. The Labute approximate surface area is 171 Å². The van der Waals surface area contributed by atoms with Crippen molar-refractivity contribution in [1.29, 1.82) is 0 Å². The van der Waals surface area contributed by atoms with E-state index < -0.39 is 44.4 Å². The molecule has 0 spiro atoms. The number of hydrogen-bond donors (Lipinski definition) is 1. The molecule has 0 atom stereocenters. The van der Waals surface area contributed by atoms with E-state index in [2.05, 4.69) is 5.32 Å². The predicted molar refractivity (Wildman–Crippen MR) is 107 cm³/mol. The van der Waals surface area contributed by atoms with Crippen LogP contribution in [0.4, 0.5) is 14.5 Å². The first kappa shape index (κ1) is 21.4. The van der Waals surface area contributed by atoms with Crippen LogP contribution < -0.4 is 10.9 Å². The number of rotatable bonds is 5. The Hall–Kier alpha value is -3.33. The van der Waals surface area contributed by atoms with Crippen LogP contribution in [0.1, 0.15) is 11.3 Å². The van der Waals surface area contributed by atoms with Crippen LogP contribution in [0, 0.1) is 25.5 Å². The zero-order valence-electron chi connectivity index (χ0n) is 16.1. The number of aryl methyl sites for hydroxylation is 2. The fraction of sp³-hybridized carbons (Fsp3) is 0.143. The van der Waals surface area contributed by atoms with Gasteiger partial charge in [-0.25, -0.2) is 17.2 Å². The molecular formula is C21H18F2N2O4S. The van der Waals surface area contributed by atoms with E-state index in [-0.39, 0.29) is 16.1 Å². The van der Waals surface area contributed by atoms with Gasteiger partial charge in [-0.2, -0.15) is 0 Å². The minimum atomic E-state index is -4.10. The average molecular weight is 432 g/mol. The van der Waals surface area contributed by atoms with Gasteiger partial charge in [0.25, 0.3) is 5.56 Å². The Morgan fingerprint density at radius 1 is 1.00 bits per heavy atom. The van der Waals surface area contributed by atoms with Crippen LogP contribution in [0.15, 0.2) is 69.2 Å². The number of aromatic nitrogens is 1. The molecule has 1 amide bonds. The fourth-order valence-corrected chi connectivity index (χ4v) is 4.64.